The molecular formula is C24H26N2O4. The number of nitrogens with zero attached hydrogens (tertiary/aromatic N) is 2. The molecule has 1 aromatic carbocycles. The molecule has 2 heterocycles. The topological polar surface area (TPSA) is 63.0 Å². The van der Waals surface area contributed by atoms with Crippen molar-refractivity contribution in [2.75, 3.05) is 32.1 Å². The first kappa shape index (κ1) is 21.2. The van der Waals surface area contributed by atoms with Gasteiger partial charge in [-0.1, -0.05) is 30.4 Å². The second kappa shape index (κ2) is 9.78. The summed E-state index contributed by atoms with van der Waals surface area (Å²) in [5.41, 5.74) is 3.06. The molecule has 0 amide bonds. The highest BCUT2D eigenvalue weighted by Gasteiger charge is 2.13. The van der Waals surface area contributed by atoms with Crippen LogP contribution in [0.15, 0.2) is 75.8 Å². The molecule has 1 aliphatic heterocycles. The van der Waals surface area contributed by atoms with Gasteiger partial charge in [-0.3, -0.25) is 9.59 Å². The third-order valence-corrected chi connectivity index (χ3v) is 4.74. The highest BCUT2D eigenvalue weighted by molar-refractivity contribution is 5.72. The fraction of sp³-hybridized carbons (Fsp3) is 0.250. The fourth-order valence-electron chi connectivity index (χ4n) is 2.93. The van der Waals surface area contributed by atoms with Crippen molar-refractivity contribution in [3.63, 3.8) is 0 Å². The van der Waals surface area contributed by atoms with Crippen molar-refractivity contribution in [1.82, 2.24) is 4.90 Å². The van der Waals surface area contributed by atoms with Crippen LogP contribution in [0, 0.1) is 6.92 Å². The number of allylic oxidation sites excluding steroid dienone is 3. The van der Waals surface area contributed by atoms with Crippen LogP contribution in [0.5, 0.6) is 5.75 Å². The van der Waals surface area contributed by atoms with E-state index in [9.17, 15) is 9.59 Å². The van der Waals surface area contributed by atoms with Crippen molar-refractivity contribution in [2.24, 2.45) is 0 Å². The lowest BCUT2D eigenvalue weighted by Gasteiger charge is -2.21. The second-order valence-electron chi connectivity index (χ2n) is 7.23. The summed E-state index contributed by atoms with van der Waals surface area (Å²) >= 11 is 0. The zero-order chi connectivity index (χ0) is 21.5. The highest BCUT2D eigenvalue weighted by atomic mass is 16.5. The van der Waals surface area contributed by atoms with E-state index in [4.69, 9.17) is 9.15 Å². The van der Waals surface area contributed by atoms with Gasteiger partial charge in [-0.15, -0.1) is 0 Å². The van der Waals surface area contributed by atoms with Crippen molar-refractivity contribution in [1.29, 1.82) is 0 Å². The van der Waals surface area contributed by atoms with Crippen LogP contribution >= 0.6 is 0 Å². The zero-order valence-corrected chi connectivity index (χ0v) is 17.5. The Morgan fingerprint density at radius 1 is 1.20 bits per heavy atom. The van der Waals surface area contributed by atoms with Crippen molar-refractivity contribution in [3.8, 4) is 5.75 Å². The van der Waals surface area contributed by atoms with Gasteiger partial charge in [-0.05, 0) is 42.5 Å². The van der Waals surface area contributed by atoms with Crippen molar-refractivity contribution < 1.29 is 13.9 Å². The number of carbonyl (C=O) groups excluding carboxylic acids is 1. The number of anilines is 1. The normalized spacial score (nSPS) is 13.4. The molecule has 2 aromatic rings. The van der Waals surface area contributed by atoms with E-state index >= 15 is 0 Å². The second-order valence-corrected chi connectivity index (χ2v) is 7.23. The fourth-order valence-corrected chi connectivity index (χ4v) is 2.93. The summed E-state index contributed by atoms with van der Waals surface area (Å²) in [4.78, 5) is 27.9. The van der Waals surface area contributed by atoms with Crippen LogP contribution < -0.4 is 15.1 Å². The molecule has 156 valence electrons. The molecule has 0 fully saturated rings. The SMILES string of the molecule is Cc1occc(=O)c1OC(=O)CCN1C=CC(C=Cc2ccc(N(C)C)cc2)=CC1. The average Bonchev–Trinajstić information content (AvgIpc) is 2.74. The maximum absolute atomic E-state index is 12.1. The summed E-state index contributed by atoms with van der Waals surface area (Å²) in [6, 6.07) is 9.59. The van der Waals surface area contributed by atoms with E-state index in [1.165, 1.54) is 18.0 Å². The third-order valence-electron chi connectivity index (χ3n) is 4.74. The zero-order valence-electron chi connectivity index (χ0n) is 17.5. The van der Waals surface area contributed by atoms with Gasteiger partial charge in [0.15, 0.2) is 0 Å². The van der Waals surface area contributed by atoms with E-state index in [-0.39, 0.29) is 17.6 Å². The van der Waals surface area contributed by atoms with Gasteiger partial charge in [0.2, 0.25) is 11.2 Å². The largest absolute Gasteiger partial charge is 0.465 e. The van der Waals surface area contributed by atoms with Crippen molar-refractivity contribution >= 4 is 17.7 Å². The summed E-state index contributed by atoms with van der Waals surface area (Å²) in [6.45, 7) is 2.80. The third kappa shape index (κ3) is 5.73. The van der Waals surface area contributed by atoms with Crippen LogP contribution in [0.4, 0.5) is 5.69 Å². The Hall–Kier alpha value is -3.54. The molecule has 0 radical (unpaired) electrons. The van der Waals surface area contributed by atoms with E-state index in [1.54, 1.807) is 6.92 Å². The maximum Gasteiger partial charge on any atom is 0.313 e. The molecule has 1 aliphatic rings. The summed E-state index contributed by atoms with van der Waals surface area (Å²) < 4.78 is 10.3. The van der Waals surface area contributed by atoms with Crippen LogP contribution in [0.1, 0.15) is 17.7 Å². The minimum absolute atomic E-state index is 0.0392. The number of ether oxygens (including phenoxy) is 1. The van der Waals surface area contributed by atoms with Crippen LogP contribution in [0.25, 0.3) is 6.08 Å². The molecule has 1 aromatic heterocycles. The van der Waals surface area contributed by atoms with Gasteiger partial charge in [0.25, 0.3) is 0 Å². The molecule has 0 saturated heterocycles. The Labute approximate surface area is 176 Å². The number of aryl methyl sites for hydroxylation is 1. The molecule has 0 spiro atoms. The van der Waals surface area contributed by atoms with E-state index in [0.717, 1.165) is 11.1 Å². The molecule has 0 bridgehead atoms. The molecule has 0 unspecified atom stereocenters. The van der Waals surface area contributed by atoms with E-state index in [2.05, 4.69) is 47.4 Å². The number of hydrogen-bond acceptors (Lipinski definition) is 6. The van der Waals surface area contributed by atoms with E-state index < -0.39 is 5.97 Å². The minimum Gasteiger partial charge on any atom is -0.465 e. The molecule has 30 heavy (non-hydrogen) atoms. The van der Waals surface area contributed by atoms with E-state index in [0.29, 0.717) is 18.8 Å². The molecule has 0 saturated carbocycles. The number of rotatable bonds is 7. The Morgan fingerprint density at radius 3 is 2.60 bits per heavy atom. The van der Waals surface area contributed by atoms with Gasteiger partial charge >= 0.3 is 5.97 Å². The predicted molar refractivity (Wildman–Crippen MR) is 119 cm³/mol. The number of hydrogen-bond donors (Lipinski definition) is 0. The predicted octanol–water partition coefficient (Wildman–Crippen LogP) is 3.78. The number of esters is 1. The molecular weight excluding hydrogens is 380 g/mol. The molecule has 6 heteroatoms. The van der Waals surface area contributed by atoms with Gasteiger partial charge in [0.05, 0.1) is 12.7 Å². The van der Waals surface area contributed by atoms with Crippen molar-refractivity contribution in [3.05, 3.63) is 88.1 Å². The Bertz CT molecular complexity index is 1030. The van der Waals surface area contributed by atoms with E-state index in [1.807, 2.05) is 31.3 Å². The quantitative estimate of drug-likeness (QED) is 0.652. The average molecular weight is 406 g/mol. The van der Waals surface area contributed by atoms with Gasteiger partial charge < -0.3 is 19.0 Å². The summed E-state index contributed by atoms with van der Waals surface area (Å²) in [7, 11) is 4.04. The lowest BCUT2D eigenvalue weighted by Crippen LogP contribution is -2.25. The van der Waals surface area contributed by atoms with Gasteiger partial charge in [-0.2, -0.15) is 0 Å². The Kier molecular flexibility index (Phi) is 6.91. The number of benzene rings is 1. The van der Waals surface area contributed by atoms with Gasteiger partial charge in [0.1, 0.15) is 5.76 Å². The first-order chi connectivity index (χ1) is 14.4. The summed E-state index contributed by atoms with van der Waals surface area (Å²) in [5.74, 6) is -0.201. The molecule has 0 N–H and O–H groups in total. The minimum atomic E-state index is -0.458. The highest BCUT2D eigenvalue weighted by Crippen LogP contribution is 2.16. The van der Waals surface area contributed by atoms with Crippen LogP contribution in [0.2, 0.25) is 0 Å². The summed E-state index contributed by atoms with van der Waals surface area (Å²) in [5, 5.41) is 0. The summed E-state index contributed by atoms with van der Waals surface area (Å²) in [6.07, 6.45) is 11.7. The first-order valence-electron chi connectivity index (χ1n) is 9.79. The van der Waals surface area contributed by atoms with Gasteiger partial charge in [-0.25, -0.2) is 0 Å². The van der Waals surface area contributed by atoms with Crippen LogP contribution in [0.3, 0.4) is 0 Å². The molecule has 6 nitrogen and oxygen atoms in total. The Balaban J connectivity index is 1.47. The lowest BCUT2D eigenvalue weighted by atomic mass is 10.1. The van der Waals surface area contributed by atoms with Crippen molar-refractivity contribution in [2.45, 2.75) is 13.3 Å². The lowest BCUT2D eigenvalue weighted by molar-refractivity contribution is -0.134. The van der Waals surface area contributed by atoms with Crippen LogP contribution in [-0.2, 0) is 4.79 Å². The monoisotopic (exact) mass is 406 g/mol. The molecule has 0 atom stereocenters. The molecule has 0 aliphatic carbocycles. The first-order valence-corrected chi connectivity index (χ1v) is 9.79. The Morgan fingerprint density at radius 2 is 1.97 bits per heavy atom. The molecule has 3 rings (SSSR count). The van der Waals surface area contributed by atoms with Gasteiger partial charge in [0, 0.05) is 38.9 Å². The standard InChI is InChI=1S/C24H26N2O4/c1-18-24(22(27)13-17-29-18)30-23(28)12-16-26-14-10-20(11-15-26)5-4-19-6-8-21(9-7-19)25(2)3/h4-11,13-14,17H,12,15-16H2,1-3H3. The number of carbonyl (C=O) groups is 1. The smallest absolute Gasteiger partial charge is 0.313 e. The maximum atomic E-state index is 12.1. The van der Waals surface area contributed by atoms with Crippen LogP contribution in [-0.4, -0.2) is 38.1 Å².